The number of nitrogens with zero attached hydrogens (tertiary/aromatic N) is 2. The van der Waals surface area contributed by atoms with Gasteiger partial charge in [0, 0.05) is 41.9 Å². The summed E-state index contributed by atoms with van der Waals surface area (Å²) in [6.45, 7) is 5.54. The van der Waals surface area contributed by atoms with Crippen LogP contribution in [0.4, 0.5) is 5.69 Å². The van der Waals surface area contributed by atoms with Crippen molar-refractivity contribution >= 4 is 21.6 Å². The van der Waals surface area contributed by atoms with E-state index in [0.717, 1.165) is 34.8 Å². The zero-order valence-electron chi connectivity index (χ0n) is 17.1. The molecule has 28 heavy (non-hydrogen) atoms. The van der Waals surface area contributed by atoms with Crippen molar-refractivity contribution in [2.75, 3.05) is 18.5 Å². The number of hydrogen-bond donors (Lipinski definition) is 2. The van der Waals surface area contributed by atoms with E-state index in [1.165, 1.54) is 17.7 Å². The summed E-state index contributed by atoms with van der Waals surface area (Å²) in [5.74, 6) is 1.13. The van der Waals surface area contributed by atoms with Crippen molar-refractivity contribution in [3.8, 4) is 0 Å². The smallest absolute Gasteiger partial charge is 0.194 e. The lowest BCUT2D eigenvalue weighted by molar-refractivity contribution is -1.04. The molecule has 5 bridgehead atoms. The number of benzene rings is 1. The summed E-state index contributed by atoms with van der Waals surface area (Å²) < 4.78 is 1.97. The molecular weight excluding hydrogens is 416 g/mol. The predicted octanol–water partition coefficient (Wildman–Crippen LogP) is 3.24. The van der Waals surface area contributed by atoms with Crippen molar-refractivity contribution in [2.24, 2.45) is 17.8 Å². The molecule has 4 nitrogen and oxygen atoms in total. The fourth-order valence-electron chi connectivity index (χ4n) is 9.24. The molecule has 7 rings (SSSR count). The summed E-state index contributed by atoms with van der Waals surface area (Å²) in [6.07, 6.45) is 3.75. The molecule has 5 aliphatic heterocycles. The van der Waals surface area contributed by atoms with Gasteiger partial charge >= 0.3 is 0 Å². The van der Waals surface area contributed by atoms with E-state index in [1.54, 1.807) is 0 Å². The van der Waals surface area contributed by atoms with E-state index in [4.69, 9.17) is 0 Å². The van der Waals surface area contributed by atoms with Gasteiger partial charge in [-0.25, -0.2) is 0 Å². The molecule has 1 saturated carbocycles. The van der Waals surface area contributed by atoms with E-state index in [0.29, 0.717) is 29.8 Å². The first-order chi connectivity index (χ1) is 13.4. The van der Waals surface area contributed by atoms with E-state index in [1.807, 2.05) is 0 Å². The number of aliphatic hydroxyl groups excluding tert-OH is 2. The topological polar surface area (TPSA) is 43.7 Å². The number of quaternary nitrogens is 1. The monoisotopic (exact) mass is 447 g/mol. The van der Waals surface area contributed by atoms with E-state index < -0.39 is 0 Å². The average molecular weight is 448 g/mol. The second-order valence-electron chi connectivity index (χ2n) is 10.2. The first-order valence-electron chi connectivity index (χ1n) is 11.2. The molecule has 1 spiro atoms. The normalized spacial score (nSPS) is 52.3. The molecule has 1 aromatic carbocycles. The average Bonchev–Trinajstić information content (AvgIpc) is 3.05. The van der Waals surface area contributed by atoms with Crippen LogP contribution in [0.15, 0.2) is 22.7 Å². The molecule has 1 unspecified atom stereocenters. The zero-order chi connectivity index (χ0) is 19.6. The highest BCUT2D eigenvalue weighted by Crippen LogP contribution is 2.71. The third-order valence-electron chi connectivity index (χ3n) is 9.78. The Hall–Kier alpha value is -0.620. The lowest BCUT2D eigenvalue weighted by Crippen LogP contribution is -2.83. The molecule has 0 aromatic heterocycles. The van der Waals surface area contributed by atoms with Crippen molar-refractivity contribution < 1.29 is 14.7 Å². The molecule has 5 fully saturated rings. The minimum Gasteiger partial charge on any atom is -0.392 e. The Kier molecular flexibility index (Phi) is 3.60. The molecule has 1 aromatic rings. The van der Waals surface area contributed by atoms with Gasteiger partial charge in [0.25, 0.3) is 0 Å². The van der Waals surface area contributed by atoms with Crippen molar-refractivity contribution in [3.63, 3.8) is 0 Å². The lowest BCUT2D eigenvalue weighted by atomic mass is 9.60. The summed E-state index contributed by atoms with van der Waals surface area (Å²) in [6, 6.07) is 7.75. The van der Waals surface area contributed by atoms with Gasteiger partial charge in [0.1, 0.15) is 6.04 Å². The number of likely N-dealkylation sites (N-methyl/N-ethyl adjacent to an activating group) is 1. The van der Waals surface area contributed by atoms with Gasteiger partial charge in [0.2, 0.25) is 0 Å². The molecule has 2 N–H and O–H groups in total. The fraction of sp³-hybridized carbons (Fsp3) is 0.739. The molecule has 10 atom stereocenters. The second-order valence-corrected chi connectivity index (χ2v) is 11.1. The number of piperidine rings is 4. The third kappa shape index (κ3) is 1.66. The SMILES string of the molecule is CCC[N+]12[C@H](O)[C@@H](CC)[C@@H]3C[C@H]1[C@@H]1N(C)c4ccc(Br)cc4[C@]14C[C@H]2[C@H]3[C@H]4O. The maximum atomic E-state index is 12.0. The van der Waals surface area contributed by atoms with Crippen LogP contribution in [-0.4, -0.2) is 58.7 Å². The molecule has 0 radical (unpaired) electrons. The minimum absolute atomic E-state index is 0.166. The Morgan fingerprint density at radius 2 is 2.04 bits per heavy atom. The molecule has 4 saturated heterocycles. The molecule has 152 valence electrons. The van der Waals surface area contributed by atoms with Crippen LogP contribution >= 0.6 is 15.9 Å². The summed E-state index contributed by atoms with van der Waals surface area (Å²) in [4.78, 5) is 2.47. The summed E-state index contributed by atoms with van der Waals surface area (Å²) in [5, 5.41) is 23.7. The quantitative estimate of drug-likeness (QED) is 0.698. The standard InChI is InChI=1S/C23H32BrN2O2/c1-4-8-26-17-10-14(13(5-2)22(26)28)19-18(26)11-23(21(19)27)15-9-12(24)6-7-16(15)25(3)20(17)23/h6-7,9,13-14,17-22,27-28H,4-5,8,10-11H2,1-3H3/q+1/t13-,14-,17-,18-,19-,20-,21+,22+,23+,26?/m0/s1. The van der Waals surface area contributed by atoms with Crippen LogP contribution in [0.2, 0.25) is 0 Å². The van der Waals surface area contributed by atoms with E-state index in [9.17, 15) is 10.2 Å². The number of rotatable bonds is 3. The van der Waals surface area contributed by atoms with Gasteiger partial charge in [-0.1, -0.05) is 29.8 Å². The van der Waals surface area contributed by atoms with Crippen LogP contribution in [0.3, 0.4) is 0 Å². The zero-order valence-corrected chi connectivity index (χ0v) is 18.6. The predicted molar refractivity (Wildman–Crippen MR) is 113 cm³/mol. The summed E-state index contributed by atoms with van der Waals surface area (Å²) in [5.41, 5.74) is 2.47. The van der Waals surface area contributed by atoms with Gasteiger partial charge in [-0.2, -0.15) is 0 Å². The molecule has 0 amide bonds. The summed E-state index contributed by atoms with van der Waals surface area (Å²) >= 11 is 3.69. The number of fused-ring (bicyclic) bond motifs is 2. The fourth-order valence-corrected chi connectivity index (χ4v) is 9.60. The van der Waals surface area contributed by atoms with Crippen LogP contribution < -0.4 is 4.90 Å². The Bertz CT molecular complexity index is 848. The second kappa shape index (κ2) is 5.54. The Labute approximate surface area is 176 Å². The summed E-state index contributed by atoms with van der Waals surface area (Å²) in [7, 11) is 2.23. The van der Waals surface area contributed by atoms with Crippen LogP contribution in [0, 0.1) is 17.8 Å². The first kappa shape index (κ1) is 18.2. The first-order valence-corrected chi connectivity index (χ1v) is 12.0. The highest BCUT2D eigenvalue weighted by atomic mass is 79.9. The van der Waals surface area contributed by atoms with Gasteiger partial charge in [-0.05, 0) is 42.5 Å². The molecular formula is C23H32BrN2O2+. The van der Waals surface area contributed by atoms with E-state index >= 15 is 0 Å². The highest BCUT2D eigenvalue weighted by molar-refractivity contribution is 9.10. The van der Waals surface area contributed by atoms with Crippen molar-refractivity contribution in [1.82, 2.24) is 0 Å². The number of hydrogen-bond acceptors (Lipinski definition) is 3. The number of halogens is 1. The molecule has 5 heterocycles. The number of aliphatic hydroxyl groups is 2. The Balaban J connectivity index is 1.62. The van der Waals surface area contributed by atoms with Crippen molar-refractivity contribution in [1.29, 1.82) is 0 Å². The van der Waals surface area contributed by atoms with Gasteiger partial charge in [-0.3, -0.25) is 4.48 Å². The van der Waals surface area contributed by atoms with Crippen LogP contribution in [0.1, 0.15) is 45.1 Å². The van der Waals surface area contributed by atoms with Crippen molar-refractivity contribution in [3.05, 3.63) is 28.2 Å². The Morgan fingerprint density at radius 3 is 2.75 bits per heavy atom. The number of anilines is 1. The maximum Gasteiger partial charge on any atom is 0.194 e. The van der Waals surface area contributed by atoms with Gasteiger partial charge in [0.15, 0.2) is 6.23 Å². The van der Waals surface area contributed by atoms with Crippen LogP contribution in [0.25, 0.3) is 0 Å². The minimum atomic E-state index is -0.297. The molecule has 6 aliphatic rings. The lowest BCUT2D eigenvalue weighted by Gasteiger charge is -2.68. The largest absolute Gasteiger partial charge is 0.392 e. The van der Waals surface area contributed by atoms with Gasteiger partial charge in [-0.15, -0.1) is 0 Å². The van der Waals surface area contributed by atoms with Crippen molar-refractivity contribution in [2.45, 2.75) is 75.4 Å². The molecule has 5 heteroatoms. The van der Waals surface area contributed by atoms with Gasteiger partial charge < -0.3 is 15.1 Å². The maximum absolute atomic E-state index is 12.0. The van der Waals surface area contributed by atoms with Crippen LogP contribution in [-0.2, 0) is 5.41 Å². The Morgan fingerprint density at radius 1 is 1.25 bits per heavy atom. The van der Waals surface area contributed by atoms with E-state index in [2.05, 4.69) is 59.9 Å². The molecule has 1 aliphatic carbocycles. The highest BCUT2D eigenvalue weighted by Gasteiger charge is 2.82. The van der Waals surface area contributed by atoms with E-state index in [-0.39, 0.29) is 23.8 Å². The van der Waals surface area contributed by atoms with Gasteiger partial charge in [0.05, 0.1) is 30.1 Å². The third-order valence-corrected chi connectivity index (χ3v) is 10.3. The van der Waals surface area contributed by atoms with Crippen LogP contribution in [0.5, 0.6) is 0 Å².